The molecule has 3 heterocycles. The highest BCUT2D eigenvalue weighted by molar-refractivity contribution is 6.11. The van der Waals surface area contributed by atoms with E-state index >= 15 is 0 Å². The minimum Gasteiger partial charge on any atom is -0.381 e. The second kappa shape index (κ2) is 14.5. The first-order valence-electron chi connectivity index (χ1n) is 16.6. The Kier molecular flexibility index (Phi) is 9.62. The fraction of sp³-hybridized carbons (Fsp3) is 0.316. The molecule has 2 fully saturated rings. The molecule has 1 amide bonds. The number of carbonyl (C=O) groups is 1. The van der Waals surface area contributed by atoms with Gasteiger partial charge >= 0.3 is 0 Å². The monoisotopic (exact) mass is 651 g/mol. The summed E-state index contributed by atoms with van der Waals surface area (Å²) >= 11 is 0. The number of rotatable bonds is 10. The van der Waals surface area contributed by atoms with Gasteiger partial charge in [-0.15, -0.1) is 0 Å². The molecule has 0 radical (unpaired) electrons. The summed E-state index contributed by atoms with van der Waals surface area (Å²) in [6.45, 7) is 3.71. The number of piperidine rings is 1. The smallest absolute Gasteiger partial charge is 0.258 e. The third-order valence-electron chi connectivity index (χ3n) is 9.15. The zero-order valence-electron chi connectivity index (χ0n) is 26.7. The first kappa shape index (κ1) is 31.8. The van der Waals surface area contributed by atoms with Crippen molar-refractivity contribution in [1.82, 2.24) is 10.2 Å². The summed E-state index contributed by atoms with van der Waals surface area (Å²) < 4.78 is 39.4. The molecular weight excluding hydrogens is 612 g/mol. The van der Waals surface area contributed by atoms with Crippen LogP contribution in [0.2, 0.25) is 0 Å². The predicted molar refractivity (Wildman–Crippen MR) is 184 cm³/mol. The average Bonchev–Trinajstić information content (AvgIpc) is 3.49. The van der Waals surface area contributed by atoms with Gasteiger partial charge in [0.25, 0.3) is 5.91 Å². The number of aromatic amines is 1. The molecule has 4 aromatic carbocycles. The van der Waals surface area contributed by atoms with Gasteiger partial charge < -0.3 is 25.0 Å². The van der Waals surface area contributed by atoms with Crippen LogP contribution < -0.4 is 15.5 Å². The summed E-state index contributed by atoms with van der Waals surface area (Å²) in [7, 11) is 0. The fourth-order valence-corrected chi connectivity index (χ4v) is 6.57. The van der Waals surface area contributed by atoms with Crippen LogP contribution >= 0.6 is 0 Å². The predicted octanol–water partition coefficient (Wildman–Crippen LogP) is 7.46. The molecular formula is C38H39F2N5O3. The molecule has 48 heavy (non-hydrogen) atoms. The number of nitrogens with zero attached hydrogens (tertiary/aromatic N) is 2. The Bertz CT molecular complexity index is 1850. The van der Waals surface area contributed by atoms with Gasteiger partial charge in [-0.1, -0.05) is 36.4 Å². The van der Waals surface area contributed by atoms with Gasteiger partial charge in [0.2, 0.25) is 0 Å². The second-order valence-corrected chi connectivity index (χ2v) is 12.6. The number of nitrogens with one attached hydrogen (secondary N) is 3. The van der Waals surface area contributed by atoms with Gasteiger partial charge in [-0.05, 0) is 91.3 Å². The fourth-order valence-electron chi connectivity index (χ4n) is 6.57. The minimum atomic E-state index is -0.615. The number of H-pyrrole nitrogens is 1. The van der Waals surface area contributed by atoms with Crippen molar-refractivity contribution in [3.8, 4) is 0 Å². The zero-order valence-corrected chi connectivity index (χ0v) is 26.7. The number of amides is 1. The number of carbonyl (C=O) groups excluding carboxylic acids is 1. The molecule has 10 heteroatoms. The van der Waals surface area contributed by atoms with Crippen LogP contribution in [0, 0.1) is 11.6 Å². The Balaban J connectivity index is 1.07. The molecule has 248 valence electrons. The van der Waals surface area contributed by atoms with Gasteiger partial charge in [0.05, 0.1) is 23.8 Å². The van der Waals surface area contributed by atoms with Crippen molar-refractivity contribution in [2.24, 2.45) is 0 Å². The largest absolute Gasteiger partial charge is 0.381 e. The summed E-state index contributed by atoms with van der Waals surface area (Å²) in [6, 6.07) is 25.5. The number of aromatic nitrogens is 2. The van der Waals surface area contributed by atoms with Gasteiger partial charge in [-0.25, -0.2) is 8.78 Å². The SMILES string of the molecule is O=C(Nc1n[nH]c2ccc(Cc3cc(F)cc(F)c3)cc12)c1ccc(N2CCC(OCc3ccccc3)CC2)cc1NC1CCOCC1. The summed E-state index contributed by atoms with van der Waals surface area (Å²) in [4.78, 5) is 16.2. The van der Waals surface area contributed by atoms with E-state index in [0.717, 1.165) is 67.3 Å². The number of halogens is 2. The maximum Gasteiger partial charge on any atom is 0.258 e. The van der Waals surface area contributed by atoms with Crippen LogP contribution in [0.5, 0.6) is 0 Å². The van der Waals surface area contributed by atoms with Crippen LogP contribution in [0.4, 0.5) is 26.0 Å². The Labute approximate surface area is 278 Å². The molecule has 0 spiro atoms. The van der Waals surface area contributed by atoms with Gasteiger partial charge in [0.15, 0.2) is 5.82 Å². The zero-order chi connectivity index (χ0) is 32.9. The molecule has 7 rings (SSSR count). The molecule has 0 unspecified atom stereocenters. The molecule has 8 nitrogen and oxygen atoms in total. The maximum atomic E-state index is 13.8. The molecule has 2 aliphatic heterocycles. The van der Waals surface area contributed by atoms with Crippen LogP contribution in [0.3, 0.4) is 0 Å². The van der Waals surface area contributed by atoms with Crippen LogP contribution in [0.15, 0.2) is 84.9 Å². The third-order valence-corrected chi connectivity index (χ3v) is 9.15. The van der Waals surface area contributed by atoms with Crippen LogP contribution in [-0.2, 0) is 22.5 Å². The lowest BCUT2D eigenvalue weighted by Gasteiger charge is -2.34. The van der Waals surface area contributed by atoms with Crippen molar-refractivity contribution in [2.75, 3.05) is 41.8 Å². The Morgan fingerprint density at radius 1 is 0.875 bits per heavy atom. The van der Waals surface area contributed by atoms with Crippen molar-refractivity contribution in [1.29, 1.82) is 0 Å². The van der Waals surface area contributed by atoms with Crippen LogP contribution in [0.1, 0.15) is 52.7 Å². The molecule has 5 aromatic rings. The van der Waals surface area contributed by atoms with Crippen molar-refractivity contribution in [2.45, 2.75) is 50.9 Å². The summed E-state index contributed by atoms with van der Waals surface area (Å²) in [5.74, 6) is -1.12. The van der Waals surface area contributed by atoms with E-state index in [1.54, 1.807) is 0 Å². The highest BCUT2D eigenvalue weighted by atomic mass is 19.1. The lowest BCUT2D eigenvalue weighted by atomic mass is 10.0. The molecule has 0 saturated carbocycles. The number of hydrogen-bond donors (Lipinski definition) is 3. The normalized spacial score (nSPS) is 15.9. The summed E-state index contributed by atoms with van der Waals surface area (Å²) in [5, 5.41) is 14.7. The lowest BCUT2D eigenvalue weighted by Crippen LogP contribution is -2.37. The minimum absolute atomic E-state index is 0.194. The van der Waals surface area contributed by atoms with Gasteiger partial charge in [0.1, 0.15) is 11.6 Å². The third kappa shape index (κ3) is 7.67. The van der Waals surface area contributed by atoms with E-state index in [1.807, 2.05) is 48.5 Å². The first-order chi connectivity index (χ1) is 23.5. The summed E-state index contributed by atoms with van der Waals surface area (Å²) in [6.07, 6.45) is 4.13. The lowest BCUT2D eigenvalue weighted by molar-refractivity contribution is 0.0251. The standard InChI is InChI=1S/C38H39F2N5O3/c39-28-19-27(20-29(40)22-28)18-26-6-9-35-34(21-26)37(44-43-35)42-38(46)33-8-7-31(23-36(33)41-30-12-16-47-17-13-30)45-14-10-32(11-15-45)48-24-25-4-2-1-3-5-25/h1-9,19-23,30,32,41H,10-18,24H2,(H2,42,43,44,46). The second-order valence-electron chi connectivity index (χ2n) is 12.6. The molecule has 0 bridgehead atoms. The average molecular weight is 652 g/mol. The maximum absolute atomic E-state index is 13.8. The van der Waals surface area contributed by atoms with Crippen LogP contribution in [-0.4, -0.2) is 54.6 Å². The Morgan fingerprint density at radius 2 is 1.65 bits per heavy atom. The molecule has 2 aliphatic rings. The van der Waals surface area contributed by atoms with Gasteiger partial charge in [-0.3, -0.25) is 9.89 Å². The van der Waals surface area contributed by atoms with Crippen molar-refractivity contribution >= 4 is 34.0 Å². The van der Waals surface area contributed by atoms with E-state index in [0.29, 0.717) is 48.6 Å². The molecule has 2 saturated heterocycles. The molecule has 0 atom stereocenters. The number of benzene rings is 4. The number of ether oxygens (including phenoxy) is 2. The van der Waals surface area contributed by atoms with Gasteiger partial charge in [-0.2, -0.15) is 5.10 Å². The van der Waals surface area contributed by atoms with E-state index < -0.39 is 11.6 Å². The van der Waals surface area contributed by atoms with Gasteiger partial charge in [0, 0.05) is 55.2 Å². The van der Waals surface area contributed by atoms with Crippen molar-refractivity contribution in [3.63, 3.8) is 0 Å². The highest BCUT2D eigenvalue weighted by Crippen LogP contribution is 2.31. The Hall–Kier alpha value is -4.80. The highest BCUT2D eigenvalue weighted by Gasteiger charge is 2.24. The van der Waals surface area contributed by atoms with E-state index in [9.17, 15) is 13.6 Å². The van der Waals surface area contributed by atoms with E-state index in [-0.39, 0.29) is 18.1 Å². The topological polar surface area (TPSA) is 91.5 Å². The quantitative estimate of drug-likeness (QED) is 0.145. The van der Waals surface area contributed by atoms with E-state index in [1.165, 1.54) is 17.7 Å². The van der Waals surface area contributed by atoms with Crippen molar-refractivity contribution < 1.29 is 23.0 Å². The number of anilines is 3. The molecule has 3 N–H and O–H groups in total. The van der Waals surface area contributed by atoms with Crippen molar-refractivity contribution in [3.05, 3.63) is 119 Å². The number of hydrogen-bond acceptors (Lipinski definition) is 6. The summed E-state index contributed by atoms with van der Waals surface area (Å²) in [5.41, 5.74) is 5.64. The number of fused-ring (bicyclic) bond motifs is 1. The first-order valence-corrected chi connectivity index (χ1v) is 16.6. The van der Waals surface area contributed by atoms with E-state index in [4.69, 9.17) is 9.47 Å². The molecule has 0 aliphatic carbocycles. The molecule has 1 aromatic heterocycles. The van der Waals surface area contributed by atoms with Crippen LogP contribution in [0.25, 0.3) is 10.9 Å². The Morgan fingerprint density at radius 3 is 2.42 bits per heavy atom. The van der Waals surface area contributed by atoms with E-state index in [2.05, 4.69) is 43.9 Å².